The van der Waals surface area contributed by atoms with E-state index < -0.39 is 22.4 Å². The molecule has 0 aliphatic heterocycles. The van der Waals surface area contributed by atoms with Gasteiger partial charge in [0.2, 0.25) is 0 Å². The standard InChI is InChI=1S/C6H5NO2.C4H9N3O6/c8-6(9)5-2-1-3-7-4-5;1-2-5-3-4(12-6(8)9)13-7(10)11/h1-4H,(H,8,9);4-5H,2-3H2,1H3. The molecule has 0 aromatic carbocycles. The molecule has 0 radical (unpaired) electrons. The summed E-state index contributed by atoms with van der Waals surface area (Å²) >= 11 is 0. The lowest BCUT2D eigenvalue weighted by atomic mass is 10.3. The number of pyridine rings is 1. The first kappa shape index (κ1) is 19.0. The summed E-state index contributed by atoms with van der Waals surface area (Å²) in [6.07, 6.45) is 1.32. The fourth-order valence-corrected chi connectivity index (χ4v) is 1.04. The molecule has 22 heavy (non-hydrogen) atoms. The summed E-state index contributed by atoms with van der Waals surface area (Å²) in [5, 5.41) is 28.3. The van der Waals surface area contributed by atoms with Crippen LogP contribution in [0.1, 0.15) is 17.3 Å². The Hall–Kier alpha value is -3.02. The van der Waals surface area contributed by atoms with Crippen LogP contribution in [-0.2, 0) is 9.68 Å². The van der Waals surface area contributed by atoms with E-state index in [1.165, 1.54) is 18.5 Å². The largest absolute Gasteiger partial charge is 0.478 e. The van der Waals surface area contributed by atoms with E-state index in [0.29, 0.717) is 6.54 Å². The fraction of sp³-hybridized carbons (Fsp3) is 0.400. The van der Waals surface area contributed by atoms with E-state index in [9.17, 15) is 25.0 Å². The van der Waals surface area contributed by atoms with Crippen LogP contribution >= 0.6 is 0 Å². The van der Waals surface area contributed by atoms with Gasteiger partial charge in [-0.1, -0.05) is 6.92 Å². The maximum Gasteiger partial charge on any atom is 0.337 e. The van der Waals surface area contributed by atoms with Crippen molar-refractivity contribution in [2.45, 2.75) is 13.2 Å². The number of carbonyl (C=O) groups is 1. The van der Waals surface area contributed by atoms with Gasteiger partial charge in [0.1, 0.15) is 0 Å². The lowest BCUT2D eigenvalue weighted by molar-refractivity contribution is -0.850. The predicted octanol–water partition coefficient (Wildman–Crippen LogP) is 0.118. The van der Waals surface area contributed by atoms with Gasteiger partial charge in [0.25, 0.3) is 16.5 Å². The molecule has 1 heterocycles. The van der Waals surface area contributed by atoms with Gasteiger partial charge in [0.15, 0.2) is 0 Å². The quantitative estimate of drug-likeness (QED) is 0.381. The van der Waals surface area contributed by atoms with E-state index in [0.717, 1.165) is 0 Å². The van der Waals surface area contributed by atoms with Crippen molar-refractivity contribution in [2.75, 3.05) is 13.1 Å². The van der Waals surface area contributed by atoms with Crippen LogP contribution < -0.4 is 5.32 Å². The Morgan fingerprint density at radius 1 is 1.41 bits per heavy atom. The van der Waals surface area contributed by atoms with E-state index in [-0.39, 0.29) is 12.1 Å². The number of aromatic carboxylic acids is 1. The molecule has 1 aromatic heterocycles. The van der Waals surface area contributed by atoms with E-state index in [1.54, 1.807) is 13.0 Å². The van der Waals surface area contributed by atoms with Crippen LogP contribution in [0, 0.1) is 20.2 Å². The van der Waals surface area contributed by atoms with Gasteiger partial charge in [0, 0.05) is 18.9 Å². The second kappa shape index (κ2) is 10.7. The second-order valence-corrected chi connectivity index (χ2v) is 3.44. The van der Waals surface area contributed by atoms with Gasteiger partial charge in [-0.15, -0.1) is 20.2 Å². The van der Waals surface area contributed by atoms with Crippen LogP contribution in [0.4, 0.5) is 0 Å². The molecule has 0 fully saturated rings. The molecule has 2 N–H and O–H groups in total. The van der Waals surface area contributed by atoms with Crippen molar-refractivity contribution >= 4 is 5.97 Å². The number of nitrogens with zero attached hydrogens (tertiary/aromatic N) is 3. The Bertz CT molecular complexity index is 467. The highest BCUT2D eigenvalue weighted by molar-refractivity contribution is 5.86. The Labute approximate surface area is 123 Å². The summed E-state index contributed by atoms with van der Waals surface area (Å²) in [5.74, 6) is -0.942. The minimum absolute atomic E-state index is 0.127. The van der Waals surface area contributed by atoms with Crippen LogP contribution in [0.2, 0.25) is 0 Å². The van der Waals surface area contributed by atoms with Gasteiger partial charge in [0.05, 0.1) is 5.56 Å². The number of aromatic nitrogens is 1. The van der Waals surface area contributed by atoms with E-state index >= 15 is 0 Å². The molecule has 0 bridgehead atoms. The number of likely N-dealkylation sites (N-methyl/N-ethyl adjacent to an activating group) is 1. The van der Waals surface area contributed by atoms with Crippen molar-refractivity contribution in [3.05, 3.63) is 50.3 Å². The number of hydrogen-bond acceptors (Lipinski definition) is 9. The van der Waals surface area contributed by atoms with Crippen LogP contribution in [-0.4, -0.2) is 45.6 Å². The third-order valence-electron chi connectivity index (χ3n) is 1.88. The summed E-state index contributed by atoms with van der Waals surface area (Å²) in [5.41, 5.74) is 0.220. The second-order valence-electron chi connectivity index (χ2n) is 3.44. The molecular weight excluding hydrogens is 304 g/mol. The number of carboxylic acid groups (broad SMARTS) is 1. The van der Waals surface area contributed by atoms with E-state index in [2.05, 4.69) is 20.0 Å². The molecule has 12 heteroatoms. The molecule has 1 rings (SSSR count). The molecule has 0 unspecified atom stereocenters. The first-order valence-corrected chi connectivity index (χ1v) is 5.83. The van der Waals surface area contributed by atoms with Crippen molar-refractivity contribution in [1.29, 1.82) is 0 Å². The highest BCUT2D eigenvalue weighted by Gasteiger charge is 2.16. The van der Waals surface area contributed by atoms with Gasteiger partial charge in [-0.2, -0.15) is 0 Å². The number of hydrogen-bond donors (Lipinski definition) is 2. The van der Waals surface area contributed by atoms with Crippen LogP contribution in [0.25, 0.3) is 0 Å². The molecule has 0 atom stereocenters. The average Bonchev–Trinajstić information content (AvgIpc) is 2.45. The molecule has 12 nitrogen and oxygen atoms in total. The maximum absolute atomic E-state index is 10.2. The molecule has 0 aliphatic carbocycles. The van der Waals surface area contributed by atoms with Crippen LogP contribution in [0.3, 0.4) is 0 Å². The van der Waals surface area contributed by atoms with Crippen molar-refractivity contribution in [2.24, 2.45) is 0 Å². The molecule has 0 amide bonds. The summed E-state index contributed by atoms with van der Waals surface area (Å²) in [4.78, 5) is 41.1. The number of nitrogens with one attached hydrogen (secondary N) is 1. The van der Waals surface area contributed by atoms with Crippen molar-refractivity contribution in [1.82, 2.24) is 10.3 Å². The zero-order valence-corrected chi connectivity index (χ0v) is 11.4. The van der Waals surface area contributed by atoms with Gasteiger partial charge in [-0.05, 0) is 18.7 Å². The van der Waals surface area contributed by atoms with Crippen LogP contribution in [0.5, 0.6) is 0 Å². The molecule has 122 valence electrons. The minimum atomic E-state index is -1.52. The van der Waals surface area contributed by atoms with Gasteiger partial charge in [-0.3, -0.25) is 14.7 Å². The topological polar surface area (TPSA) is 167 Å². The minimum Gasteiger partial charge on any atom is -0.478 e. The monoisotopic (exact) mass is 318 g/mol. The zero-order chi connectivity index (χ0) is 17.0. The number of carboxylic acids is 1. The average molecular weight is 318 g/mol. The molecular formula is C10H14N4O8. The lowest BCUT2D eigenvalue weighted by Crippen LogP contribution is -2.34. The summed E-state index contributed by atoms with van der Waals surface area (Å²) in [6, 6.07) is 3.08. The van der Waals surface area contributed by atoms with Crippen molar-refractivity contribution in [3.8, 4) is 0 Å². The maximum atomic E-state index is 10.2. The summed E-state index contributed by atoms with van der Waals surface area (Å²) in [7, 11) is 0. The predicted molar refractivity (Wildman–Crippen MR) is 69.7 cm³/mol. The first-order valence-electron chi connectivity index (χ1n) is 5.83. The Morgan fingerprint density at radius 3 is 2.32 bits per heavy atom. The highest BCUT2D eigenvalue weighted by atomic mass is 17.0. The van der Waals surface area contributed by atoms with E-state index in [1.807, 2.05) is 0 Å². The zero-order valence-electron chi connectivity index (χ0n) is 11.4. The lowest BCUT2D eigenvalue weighted by Gasteiger charge is -2.11. The molecule has 0 saturated heterocycles. The summed E-state index contributed by atoms with van der Waals surface area (Å²) < 4.78 is 0. The Kier molecular flexibility index (Phi) is 9.26. The van der Waals surface area contributed by atoms with Gasteiger partial charge in [-0.25, -0.2) is 4.79 Å². The van der Waals surface area contributed by atoms with Crippen molar-refractivity contribution in [3.63, 3.8) is 0 Å². The molecule has 0 aliphatic rings. The normalized spacial score (nSPS) is 9.36. The smallest absolute Gasteiger partial charge is 0.337 e. The highest BCUT2D eigenvalue weighted by Crippen LogP contribution is 1.94. The Morgan fingerprint density at radius 2 is 2.00 bits per heavy atom. The van der Waals surface area contributed by atoms with E-state index in [4.69, 9.17) is 5.11 Å². The van der Waals surface area contributed by atoms with Gasteiger partial charge >= 0.3 is 5.97 Å². The summed E-state index contributed by atoms with van der Waals surface area (Å²) in [6.45, 7) is 2.10. The fourth-order valence-electron chi connectivity index (χ4n) is 1.04. The molecule has 0 spiro atoms. The van der Waals surface area contributed by atoms with Crippen molar-refractivity contribution < 1.29 is 29.7 Å². The number of rotatable bonds is 8. The SMILES string of the molecule is CCNCC(O[N+](=O)[O-])O[N+](=O)[O-].O=C(O)c1cccnc1. The third kappa shape index (κ3) is 9.85. The third-order valence-corrected chi connectivity index (χ3v) is 1.88. The van der Waals surface area contributed by atoms with Crippen LogP contribution in [0.15, 0.2) is 24.5 Å². The molecule has 0 saturated carbocycles. The Balaban J connectivity index is 0.000000425. The first-order chi connectivity index (χ1) is 10.4. The molecule has 1 aromatic rings. The van der Waals surface area contributed by atoms with Gasteiger partial charge < -0.3 is 10.4 Å².